The highest BCUT2D eigenvalue weighted by Gasteiger charge is 2.18. The summed E-state index contributed by atoms with van der Waals surface area (Å²) < 4.78 is 11.5. The molecule has 2 aliphatic rings. The number of likely N-dealkylation sites (tertiary alicyclic amines) is 1. The summed E-state index contributed by atoms with van der Waals surface area (Å²) >= 11 is 0. The van der Waals surface area contributed by atoms with Crippen LogP contribution >= 0.6 is 0 Å². The number of nitrogens with zero attached hydrogens (tertiary/aromatic N) is 3. The highest BCUT2D eigenvalue weighted by molar-refractivity contribution is 5.40. The van der Waals surface area contributed by atoms with Gasteiger partial charge in [-0.15, -0.1) is 0 Å². The lowest BCUT2D eigenvalue weighted by molar-refractivity contribution is 0.0499. The Morgan fingerprint density at radius 3 is 2.31 bits per heavy atom. The Hall–Kier alpha value is -1.34. The Morgan fingerprint density at radius 1 is 0.931 bits per heavy atom. The highest BCUT2D eigenvalue weighted by atomic mass is 16.5. The molecule has 0 radical (unpaired) electrons. The third-order valence-electron chi connectivity index (χ3n) is 6.11. The number of hydrogen-bond acceptors (Lipinski definition) is 6. The van der Waals surface area contributed by atoms with Gasteiger partial charge >= 0.3 is 0 Å². The first kappa shape index (κ1) is 22.3. The van der Waals surface area contributed by atoms with Crippen molar-refractivity contribution in [1.29, 1.82) is 0 Å². The molecule has 164 valence electrons. The summed E-state index contributed by atoms with van der Waals surface area (Å²) in [4.78, 5) is 7.18. The molecule has 0 amide bonds. The zero-order valence-electron chi connectivity index (χ0n) is 18.3. The first-order chi connectivity index (χ1) is 14.1. The summed E-state index contributed by atoms with van der Waals surface area (Å²) in [6.45, 7) is 8.31. The number of ether oxygens (including phenoxy) is 2. The topological polar surface area (TPSA) is 48.4 Å². The molecule has 2 aliphatic heterocycles. The normalized spacial score (nSPS) is 21.3. The number of piperazine rings is 1. The van der Waals surface area contributed by atoms with E-state index in [0.717, 1.165) is 57.3 Å². The van der Waals surface area contributed by atoms with Crippen molar-refractivity contribution in [3.8, 4) is 11.5 Å². The summed E-state index contributed by atoms with van der Waals surface area (Å²) in [5.74, 6) is 1.63. The Balaban J connectivity index is 1.56. The van der Waals surface area contributed by atoms with E-state index in [2.05, 4.69) is 27.8 Å². The first-order valence-corrected chi connectivity index (χ1v) is 11.2. The Kier molecular flexibility index (Phi) is 9.05. The fourth-order valence-electron chi connectivity index (χ4n) is 4.21. The lowest BCUT2D eigenvalue weighted by Crippen LogP contribution is -2.47. The van der Waals surface area contributed by atoms with E-state index in [-0.39, 0.29) is 0 Å². The second-order valence-electron chi connectivity index (χ2n) is 8.59. The summed E-state index contributed by atoms with van der Waals surface area (Å²) in [5.41, 5.74) is 1.18. The van der Waals surface area contributed by atoms with E-state index in [4.69, 9.17) is 9.47 Å². The fourth-order valence-corrected chi connectivity index (χ4v) is 4.21. The van der Waals surface area contributed by atoms with Gasteiger partial charge in [-0.2, -0.15) is 0 Å². The van der Waals surface area contributed by atoms with Crippen LogP contribution in [-0.4, -0.2) is 92.5 Å². The van der Waals surface area contributed by atoms with Crippen molar-refractivity contribution < 1.29 is 14.6 Å². The average molecular weight is 406 g/mol. The molecule has 1 unspecified atom stereocenters. The van der Waals surface area contributed by atoms with Crippen molar-refractivity contribution in [3.63, 3.8) is 0 Å². The maximum Gasteiger partial charge on any atom is 0.127 e. The van der Waals surface area contributed by atoms with Crippen LogP contribution in [-0.2, 0) is 6.54 Å². The van der Waals surface area contributed by atoms with Gasteiger partial charge in [0.2, 0.25) is 0 Å². The van der Waals surface area contributed by atoms with E-state index in [9.17, 15) is 5.11 Å². The second kappa shape index (κ2) is 11.7. The van der Waals surface area contributed by atoms with Gasteiger partial charge in [0.1, 0.15) is 24.2 Å². The maximum absolute atomic E-state index is 10.5. The largest absolute Gasteiger partial charge is 0.497 e. The van der Waals surface area contributed by atoms with Crippen molar-refractivity contribution in [2.24, 2.45) is 0 Å². The average Bonchev–Trinajstić information content (AvgIpc) is 2.70. The van der Waals surface area contributed by atoms with Crippen LogP contribution in [0, 0.1) is 0 Å². The summed E-state index contributed by atoms with van der Waals surface area (Å²) in [6.07, 6.45) is 6.10. The zero-order chi connectivity index (χ0) is 20.5. The molecule has 0 aromatic heterocycles. The van der Waals surface area contributed by atoms with E-state index in [0.29, 0.717) is 13.2 Å². The molecule has 6 heteroatoms. The van der Waals surface area contributed by atoms with Gasteiger partial charge in [-0.3, -0.25) is 9.80 Å². The Bertz CT molecular complexity index is 597. The van der Waals surface area contributed by atoms with Crippen LogP contribution in [0.25, 0.3) is 0 Å². The molecule has 0 saturated carbocycles. The first-order valence-electron chi connectivity index (χ1n) is 11.2. The number of hydrogen-bond donors (Lipinski definition) is 1. The SMILES string of the molecule is COc1ccc(CN2CCCCCCC2)c(OCC(O)CN2CCN(C)CC2)c1. The van der Waals surface area contributed by atoms with E-state index in [1.807, 2.05) is 12.1 Å². The quantitative estimate of drug-likeness (QED) is 0.717. The zero-order valence-corrected chi connectivity index (χ0v) is 18.3. The van der Waals surface area contributed by atoms with Crippen LogP contribution in [0.2, 0.25) is 0 Å². The second-order valence-corrected chi connectivity index (χ2v) is 8.59. The van der Waals surface area contributed by atoms with E-state index in [1.54, 1.807) is 7.11 Å². The number of rotatable bonds is 8. The minimum atomic E-state index is -0.487. The van der Waals surface area contributed by atoms with E-state index >= 15 is 0 Å². The van der Waals surface area contributed by atoms with Crippen molar-refractivity contribution in [1.82, 2.24) is 14.7 Å². The van der Waals surface area contributed by atoms with E-state index in [1.165, 1.54) is 37.7 Å². The smallest absolute Gasteiger partial charge is 0.127 e. The third kappa shape index (κ3) is 7.45. The van der Waals surface area contributed by atoms with Gasteiger partial charge < -0.3 is 19.5 Å². The number of methoxy groups -OCH3 is 1. The molecule has 1 N–H and O–H groups in total. The number of aliphatic hydroxyl groups is 1. The molecule has 1 atom stereocenters. The molecule has 2 fully saturated rings. The molecule has 6 nitrogen and oxygen atoms in total. The lowest BCUT2D eigenvalue weighted by Gasteiger charge is -2.33. The Labute approximate surface area is 176 Å². The summed E-state index contributed by atoms with van der Waals surface area (Å²) in [6, 6.07) is 6.08. The number of benzene rings is 1. The van der Waals surface area contributed by atoms with Gasteiger partial charge in [0.15, 0.2) is 0 Å². The van der Waals surface area contributed by atoms with Crippen LogP contribution in [0.3, 0.4) is 0 Å². The molecule has 0 spiro atoms. The van der Waals surface area contributed by atoms with Crippen LogP contribution < -0.4 is 9.47 Å². The van der Waals surface area contributed by atoms with Gasteiger partial charge in [0, 0.05) is 50.9 Å². The van der Waals surface area contributed by atoms with Gasteiger partial charge in [0.25, 0.3) is 0 Å². The number of β-amino-alcohol motifs (C(OH)–C–C–N with tert-alkyl or cyclic N) is 1. The van der Waals surface area contributed by atoms with E-state index < -0.39 is 6.10 Å². The molecule has 3 rings (SSSR count). The highest BCUT2D eigenvalue weighted by Crippen LogP contribution is 2.27. The lowest BCUT2D eigenvalue weighted by atomic mass is 10.1. The molecular formula is C23H39N3O3. The van der Waals surface area contributed by atoms with Crippen molar-refractivity contribution in [2.45, 2.75) is 44.8 Å². The molecule has 0 aliphatic carbocycles. The molecule has 2 heterocycles. The molecule has 1 aromatic carbocycles. The number of aliphatic hydroxyl groups excluding tert-OH is 1. The predicted molar refractivity (Wildman–Crippen MR) is 117 cm³/mol. The molecule has 29 heavy (non-hydrogen) atoms. The van der Waals surface area contributed by atoms with Crippen LogP contribution in [0.5, 0.6) is 11.5 Å². The maximum atomic E-state index is 10.5. The van der Waals surface area contributed by atoms with Crippen molar-refractivity contribution >= 4 is 0 Å². The van der Waals surface area contributed by atoms with Crippen LogP contribution in [0.4, 0.5) is 0 Å². The van der Waals surface area contributed by atoms with Gasteiger partial charge in [0.05, 0.1) is 7.11 Å². The van der Waals surface area contributed by atoms with Gasteiger partial charge in [-0.05, 0) is 39.0 Å². The van der Waals surface area contributed by atoms with Gasteiger partial charge in [-0.25, -0.2) is 0 Å². The minimum absolute atomic E-state index is 0.312. The Morgan fingerprint density at radius 2 is 1.62 bits per heavy atom. The van der Waals surface area contributed by atoms with Crippen LogP contribution in [0.15, 0.2) is 18.2 Å². The standard InChI is InChI=1S/C23H39N3O3/c1-24-12-14-26(15-13-24)18-21(27)19-29-23-16-22(28-2)9-8-20(23)17-25-10-6-4-3-5-7-11-25/h8-9,16,21,27H,3-7,10-15,17-19H2,1-2H3. The van der Waals surface area contributed by atoms with Gasteiger partial charge in [-0.1, -0.05) is 25.3 Å². The molecule has 0 bridgehead atoms. The monoisotopic (exact) mass is 405 g/mol. The third-order valence-corrected chi connectivity index (χ3v) is 6.11. The van der Waals surface area contributed by atoms with Crippen molar-refractivity contribution in [2.75, 3.05) is 66.6 Å². The molecule has 1 aromatic rings. The summed E-state index contributed by atoms with van der Waals surface area (Å²) in [7, 11) is 3.83. The minimum Gasteiger partial charge on any atom is -0.497 e. The molecule has 2 saturated heterocycles. The van der Waals surface area contributed by atoms with Crippen molar-refractivity contribution in [3.05, 3.63) is 23.8 Å². The fraction of sp³-hybridized carbons (Fsp3) is 0.739. The predicted octanol–water partition coefficient (Wildman–Crippen LogP) is 2.45. The summed E-state index contributed by atoms with van der Waals surface area (Å²) in [5, 5.41) is 10.5. The number of likely N-dealkylation sites (N-methyl/N-ethyl adjacent to an activating group) is 1. The molecular weight excluding hydrogens is 366 g/mol. The van der Waals surface area contributed by atoms with Crippen LogP contribution in [0.1, 0.15) is 37.7 Å².